The third kappa shape index (κ3) is 18.7. The van der Waals surface area contributed by atoms with Crippen molar-refractivity contribution in [1.82, 2.24) is 21.3 Å². The fourth-order valence-corrected chi connectivity index (χ4v) is 7.51. The highest BCUT2D eigenvalue weighted by atomic mass is 16.7. The van der Waals surface area contributed by atoms with Gasteiger partial charge in [-0.25, -0.2) is 0 Å². The summed E-state index contributed by atoms with van der Waals surface area (Å²) >= 11 is 0. The van der Waals surface area contributed by atoms with Gasteiger partial charge in [0.2, 0.25) is 23.6 Å². The first-order valence-electron chi connectivity index (χ1n) is 23.2. The molecular weight excluding hydrogens is 908 g/mol. The molecule has 25 nitrogen and oxygen atoms in total. The second-order valence-corrected chi connectivity index (χ2v) is 17.3. The first kappa shape index (κ1) is 58.9. The van der Waals surface area contributed by atoms with E-state index in [2.05, 4.69) is 21.3 Å². The minimum atomic E-state index is -1.59. The van der Waals surface area contributed by atoms with Crippen molar-refractivity contribution in [3.05, 3.63) is 0 Å². The van der Waals surface area contributed by atoms with Crippen LogP contribution in [0.15, 0.2) is 0 Å². The normalized spacial score (nSPS) is 32.6. The molecule has 25 heteroatoms. The number of Topliss-reactive ketones (excluding diaryl/α,β-unsaturated/α-hetero) is 2. The minimum absolute atomic E-state index is 0.0164. The van der Waals surface area contributed by atoms with Crippen molar-refractivity contribution >= 4 is 35.2 Å². The summed E-state index contributed by atoms with van der Waals surface area (Å²) in [5.41, 5.74) is 0. The minimum Gasteiger partial charge on any atom is -0.388 e. The van der Waals surface area contributed by atoms with E-state index in [-0.39, 0.29) is 77.3 Å². The maximum absolute atomic E-state index is 13.5. The number of nitrogens with one attached hydrogen (secondary N) is 4. The molecule has 0 aromatic rings. The molecule has 0 aromatic carbocycles. The number of hydrogen-bond donors (Lipinski definition) is 13. The Morgan fingerprint density at radius 2 is 0.912 bits per heavy atom. The van der Waals surface area contributed by atoms with Gasteiger partial charge in [0.25, 0.3) is 0 Å². The first-order chi connectivity index (χ1) is 32.2. The molecule has 3 saturated heterocycles. The zero-order chi connectivity index (χ0) is 50.7. The molecule has 17 atom stereocenters. The molecule has 3 fully saturated rings. The Morgan fingerprint density at radius 3 is 1.37 bits per heavy atom. The number of ether oxygens (including phenoxy) is 6. The number of hydrogen-bond acceptors (Lipinski definition) is 21. The summed E-state index contributed by atoms with van der Waals surface area (Å²) < 4.78 is 32.5. The van der Waals surface area contributed by atoms with Crippen LogP contribution in [0.5, 0.6) is 0 Å². The molecule has 3 aliphatic heterocycles. The zero-order valence-corrected chi connectivity index (χ0v) is 39.1. The van der Waals surface area contributed by atoms with Crippen LogP contribution in [0.2, 0.25) is 0 Å². The van der Waals surface area contributed by atoms with Gasteiger partial charge in [0, 0.05) is 64.1 Å². The van der Waals surface area contributed by atoms with Crippen LogP contribution in [0.4, 0.5) is 0 Å². The molecular formula is C43H74N4O21. The molecule has 13 N–H and O–H groups in total. The van der Waals surface area contributed by atoms with Crippen molar-refractivity contribution in [1.29, 1.82) is 0 Å². The van der Waals surface area contributed by atoms with E-state index >= 15 is 0 Å². The third-order valence-corrected chi connectivity index (χ3v) is 11.9. The molecule has 3 aliphatic rings. The molecule has 3 heterocycles. The van der Waals surface area contributed by atoms with Gasteiger partial charge in [-0.05, 0) is 46.5 Å². The molecule has 68 heavy (non-hydrogen) atoms. The van der Waals surface area contributed by atoms with Gasteiger partial charge in [0.05, 0.1) is 38.1 Å². The number of unbranched alkanes of at least 4 members (excludes halogenated alkanes) is 1. The van der Waals surface area contributed by atoms with Crippen molar-refractivity contribution in [2.45, 2.75) is 190 Å². The van der Waals surface area contributed by atoms with Gasteiger partial charge in [-0.1, -0.05) is 6.92 Å². The van der Waals surface area contributed by atoms with Crippen LogP contribution in [0.3, 0.4) is 0 Å². The summed E-state index contributed by atoms with van der Waals surface area (Å²) in [4.78, 5) is 78.0. The number of ketones is 2. The Balaban J connectivity index is 1.61. The van der Waals surface area contributed by atoms with Crippen molar-refractivity contribution in [3.8, 4) is 0 Å². The maximum Gasteiger partial charge on any atom is 0.242 e. The highest BCUT2D eigenvalue weighted by Gasteiger charge is 2.44. The van der Waals surface area contributed by atoms with E-state index < -0.39 is 140 Å². The molecule has 4 amide bonds. The lowest BCUT2D eigenvalue weighted by Crippen LogP contribution is -2.57. The molecule has 392 valence electrons. The lowest BCUT2D eigenvalue weighted by Gasteiger charge is -2.38. The topological polar surface area (TPSA) is 388 Å². The smallest absolute Gasteiger partial charge is 0.242 e. The van der Waals surface area contributed by atoms with E-state index in [0.29, 0.717) is 25.7 Å². The number of rotatable bonds is 29. The maximum atomic E-state index is 13.5. The van der Waals surface area contributed by atoms with E-state index in [1.807, 2.05) is 0 Å². The molecule has 0 unspecified atom stereocenters. The number of carbonyl (C=O) groups is 6. The number of amides is 4. The van der Waals surface area contributed by atoms with Crippen LogP contribution in [0.1, 0.15) is 91.9 Å². The molecule has 0 aromatic heterocycles. The van der Waals surface area contributed by atoms with E-state index in [1.165, 1.54) is 20.8 Å². The lowest BCUT2D eigenvalue weighted by atomic mass is 9.93. The Labute approximate surface area is 394 Å². The average molecular weight is 983 g/mol. The number of carbonyl (C=O) groups excluding carboxylic acids is 6. The highest BCUT2D eigenvalue weighted by molar-refractivity contribution is 5.90. The average Bonchev–Trinajstić information content (AvgIpc) is 3.31. The van der Waals surface area contributed by atoms with Crippen molar-refractivity contribution < 1.29 is 103 Å². The molecule has 0 spiro atoms. The fourth-order valence-electron chi connectivity index (χ4n) is 7.51. The second-order valence-electron chi connectivity index (χ2n) is 17.3. The first-order valence-corrected chi connectivity index (χ1v) is 23.2. The summed E-state index contributed by atoms with van der Waals surface area (Å²) in [5.74, 6) is -3.97. The van der Waals surface area contributed by atoms with Gasteiger partial charge in [0.15, 0.2) is 18.9 Å². The van der Waals surface area contributed by atoms with E-state index in [9.17, 15) is 74.7 Å². The van der Waals surface area contributed by atoms with Crippen LogP contribution in [0.25, 0.3) is 0 Å². The Bertz CT molecular complexity index is 1600. The van der Waals surface area contributed by atoms with Gasteiger partial charge in [-0.3, -0.25) is 28.8 Å². The summed E-state index contributed by atoms with van der Waals surface area (Å²) in [5, 5.41) is 101. The van der Waals surface area contributed by atoms with Gasteiger partial charge in [-0.2, -0.15) is 0 Å². The van der Waals surface area contributed by atoms with E-state index in [0.717, 1.165) is 0 Å². The fraction of sp³-hybridized carbons (Fsp3) is 0.860. The highest BCUT2D eigenvalue weighted by Crippen LogP contribution is 2.24. The summed E-state index contributed by atoms with van der Waals surface area (Å²) in [6, 6.07) is -1.24. The van der Waals surface area contributed by atoms with Gasteiger partial charge >= 0.3 is 0 Å². The van der Waals surface area contributed by atoms with Crippen LogP contribution in [-0.4, -0.2) is 219 Å². The van der Waals surface area contributed by atoms with Crippen LogP contribution in [0, 0.1) is 5.92 Å². The van der Waals surface area contributed by atoms with Crippen LogP contribution < -0.4 is 21.3 Å². The van der Waals surface area contributed by atoms with Gasteiger partial charge in [0.1, 0.15) is 72.5 Å². The Morgan fingerprint density at radius 1 is 0.485 bits per heavy atom. The molecule has 0 saturated carbocycles. The summed E-state index contributed by atoms with van der Waals surface area (Å²) in [6.45, 7) is 5.14. The monoisotopic (exact) mass is 982 g/mol. The van der Waals surface area contributed by atoms with E-state index in [1.54, 1.807) is 6.92 Å². The van der Waals surface area contributed by atoms with Crippen molar-refractivity contribution in [2.75, 3.05) is 39.5 Å². The number of aliphatic hydroxyl groups excluding tert-OH is 9. The summed E-state index contributed by atoms with van der Waals surface area (Å²) in [7, 11) is 0. The Hall–Kier alpha value is -3.38. The van der Waals surface area contributed by atoms with Crippen LogP contribution in [-0.2, 0) is 57.2 Å². The SMILES string of the molecule is CCC(=O)CCCCC(=O)N[C@@H](CCC(=O)C[C@@H](CCC(=O)NCCO[C@@H]1O[C@@H](C)[C@@H](O)[C@@H](O)[C@@H]1O)C(=O)NCCO[C@@H]1O[C@@H](C)[C@@H](O)[C@@H](O)[C@@H]1O)C(=O)NCCO[C@@H]1O[C@@H](C)[C@@H](O)[C@@H](O)[C@@H]1O. The Kier molecular flexibility index (Phi) is 25.8. The second kappa shape index (κ2) is 29.7. The largest absolute Gasteiger partial charge is 0.388 e. The summed E-state index contributed by atoms with van der Waals surface area (Å²) in [6.07, 6.45) is -19.7. The van der Waals surface area contributed by atoms with Gasteiger partial charge in [-0.15, -0.1) is 0 Å². The third-order valence-electron chi connectivity index (χ3n) is 11.9. The zero-order valence-electron chi connectivity index (χ0n) is 39.1. The van der Waals surface area contributed by atoms with E-state index in [4.69, 9.17) is 28.4 Å². The molecule has 0 aliphatic carbocycles. The quantitative estimate of drug-likeness (QED) is 0.0312. The molecule has 3 rings (SSSR count). The lowest BCUT2D eigenvalue weighted by molar-refractivity contribution is -0.292. The predicted octanol–water partition coefficient (Wildman–Crippen LogP) is -4.97. The molecule has 0 radical (unpaired) electrons. The van der Waals surface area contributed by atoms with Crippen molar-refractivity contribution in [2.24, 2.45) is 5.92 Å². The van der Waals surface area contributed by atoms with Gasteiger partial charge < -0.3 is 95.6 Å². The van der Waals surface area contributed by atoms with Crippen LogP contribution >= 0.6 is 0 Å². The predicted molar refractivity (Wildman–Crippen MR) is 231 cm³/mol. The number of aliphatic hydroxyl groups is 9. The van der Waals surface area contributed by atoms with Crippen molar-refractivity contribution in [3.63, 3.8) is 0 Å². The molecule has 0 bridgehead atoms. The standard InChI is InChI=1S/C43H74N4O21/c1-5-25(48)8-6-7-9-29(51)47-27(40(62)46-16-19-65-43-38(60)35(57)32(54)23(4)68-43)12-11-26(49)20-24(39(61)45-15-18-64-42-37(59)34(56)31(53)22(3)67-42)10-13-28(50)44-14-17-63-41-36(58)33(55)30(52)21(2)66-41/h21-24,27,30-38,41-43,52-60H,5-20H2,1-4H3,(H,44,50)(H,45,61)(H,46,62)(H,47,51)/t21-,22-,23-,24+,27-,30+,31+,32+,33+,34+,35+,36-,37-,38-,41+,42+,43+/m0/s1.